The number of methoxy groups -OCH3 is 1. The molecule has 0 atom stereocenters. The maximum absolute atomic E-state index is 11.9. The Morgan fingerprint density at radius 2 is 2.04 bits per heavy atom. The van der Waals surface area contributed by atoms with Crippen LogP contribution in [0.25, 0.3) is 0 Å². The van der Waals surface area contributed by atoms with Gasteiger partial charge >= 0.3 is 6.03 Å². The van der Waals surface area contributed by atoms with E-state index < -0.39 is 0 Å². The first-order valence-electron chi connectivity index (χ1n) is 7.54. The molecule has 1 aromatic carbocycles. The molecule has 2 aromatic rings. The van der Waals surface area contributed by atoms with Crippen LogP contribution in [0.3, 0.4) is 0 Å². The summed E-state index contributed by atoms with van der Waals surface area (Å²) < 4.78 is 10.5. The maximum Gasteiger partial charge on any atom is 0.320 e. The van der Waals surface area contributed by atoms with E-state index >= 15 is 0 Å². The summed E-state index contributed by atoms with van der Waals surface area (Å²) in [5.74, 6) is 1.95. The molecule has 6 heteroatoms. The van der Waals surface area contributed by atoms with E-state index in [9.17, 15) is 4.79 Å². The Morgan fingerprint density at radius 1 is 1.30 bits per heavy atom. The molecule has 0 fully saturated rings. The summed E-state index contributed by atoms with van der Waals surface area (Å²) in [6, 6.07) is 9.17. The molecule has 0 saturated heterocycles. The average molecular weight is 317 g/mol. The summed E-state index contributed by atoms with van der Waals surface area (Å²) in [6.45, 7) is 6.55. The van der Waals surface area contributed by atoms with Crippen LogP contribution >= 0.6 is 0 Å². The summed E-state index contributed by atoms with van der Waals surface area (Å²) in [7, 11) is 1.64. The van der Waals surface area contributed by atoms with Crippen molar-refractivity contribution in [2.24, 2.45) is 0 Å². The van der Waals surface area contributed by atoms with Gasteiger partial charge in [-0.05, 0) is 18.1 Å². The summed E-state index contributed by atoms with van der Waals surface area (Å²) in [5, 5.41) is 9.30. The van der Waals surface area contributed by atoms with Crippen molar-refractivity contribution in [2.75, 3.05) is 19.0 Å². The van der Waals surface area contributed by atoms with Gasteiger partial charge in [0, 0.05) is 18.0 Å². The first kappa shape index (κ1) is 16.9. The lowest BCUT2D eigenvalue weighted by Crippen LogP contribution is -2.30. The van der Waals surface area contributed by atoms with Gasteiger partial charge in [0.1, 0.15) is 11.5 Å². The Balaban J connectivity index is 1.82. The number of carbonyl (C=O) groups is 1. The molecule has 0 aliphatic carbocycles. The van der Waals surface area contributed by atoms with E-state index in [1.54, 1.807) is 13.2 Å². The van der Waals surface area contributed by atoms with Crippen LogP contribution in [-0.2, 0) is 11.8 Å². The van der Waals surface area contributed by atoms with E-state index in [1.807, 2.05) is 45.0 Å². The van der Waals surface area contributed by atoms with Crippen molar-refractivity contribution in [3.63, 3.8) is 0 Å². The van der Waals surface area contributed by atoms with Gasteiger partial charge in [-0.2, -0.15) is 0 Å². The van der Waals surface area contributed by atoms with Crippen LogP contribution in [-0.4, -0.2) is 24.8 Å². The fourth-order valence-corrected chi connectivity index (χ4v) is 2.07. The van der Waals surface area contributed by atoms with Crippen LogP contribution in [0.5, 0.6) is 5.75 Å². The van der Waals surface area contributed by atoms with Crippen molar-refractivity contribution in [2.45, 2.75) is 32.6 Å². The van der Waals surface area contributed by atoms with E-state index in [0.29, 0.717) is 18.8 Å². The van der Waals surface area contributed by atoms with Gasteiger partial charge in [-0.1, -0.05) is 44.1 Å². The Morgan fingerprint density at radius 3 is 2.70 bits per heavy atom. The first-order valence-corrected chi connectivity index (χ1v) is 7.54. The third kappa shape index (κ3) is 4.74. The van der Waals surface area contributed by atoms with Gasteiger partial charge < -0.3 is 14.6 Å². The number of nitrogens with zero attached hydrogens (tertiary/aromatic N) is 1. The second-order valence-electron chi connectivity index (χ2n) is 6.27. The van der Waals surface area contributed by atoms with Gasteiger partial charge in [-0.15, -0.1) is 0 Å². The topological polar surface area (TPSA) is 76.4 Å². The molecule has 0 bridgehead atoms. The highest BCUT2D eigenvalue weighted by Crippen LogP contribution is 2.24. The molecule has 0 radical (unpaired) electrons. The number of nitrogens with one attached hydrogen (secondary N) is 2. The third-order valence-corrected chi connectivity index (χ3v) is 3.36. The SMILES string of the molecule is COc1ccccc1CCNC(=O)Nc1cc(C(C)(C)C)on1. The van der Waals surface area contributed by atoms with Crippen LogP contribution in [0, 0.1) is 0 Å². The molecule has 1 heterocycles. The Bertz CT molecular complexity index is 659. The lowest BCUT2D eigenvalue weighted by molar-refractivity contribution is 0.252. The van der Waals surface area contributed by atoms with Crippen LogP contribution in [0.1, 0.15) is 32.1 Å². The number of ether oxygens (including phenoxy) is 1. The highest BCUT2D eigenvalue weighted by atomic mass is 16.5. The largest absolute Gasteiger partial charge is 0.496 e. The van der Waals surface area contributed by atoms with Crippen molar-refractivity contribution in [1.29, 1.82) is 0 Å². The van der Waals surface area contributed by atoms with Crippen LogP contribution < -0.4 is 15.4 Å². The summed E-state index contributed by atoms with van der Waals surface area (Å²) >= 11 is 0. The van der Waals surface area contributed by atoms with E-state index in [1.165, 1.54) is 0 Å². The average Bonchev–Trinajstić information content (AvgIpc) is 2.96. The Hall–Kier alpha value is -2.50. The summed E-state index contributed by atoms with van der Waals surface area (Å²) in [4.78, 5) is 11.9. The summed E-state index contributed by atoms with van der Waals surface area (Å²) in [5.41, 5.74) is 0.902. The number of carbonyl (C=O) groups excluding carboxylic acids is 1. The molecular weight excluding hydrogens is 294 g/mol. The zero-order chi connectivity index (χ0) is 16.9. The van der Waals surface area contributed by atoms with Crippen LogP contribution in [0.2, 0.25) is 0 Å². The second kappa shape index (κ2) is 7.17. The lowest BCUT2D eigenvalue weighted by atomic mass is 9.93. The van der Waals surface area contributed by atoms with Gasteiger partial charge in [-0.25, -0.2) is 4.79 Å². The number of amides is 2. The molecule has 1 aromatic heterocycles. The van der Waals surface area contributed by atoms with Crippen LogP contribution in [0.4, 0.5) is 10.6 Å². The molecule has 2 rings (SSSR count). The zero-order valence-electron chi connectivity index (χ0n) is 14.0. The Kier molecular flexibility index (Phi) is 5.26. The van der Waals surface area contributed by atoms with Gasteiger partial charge in [0.15, 0.2) is 5.82 Å². The minimum absolute atomic E-state index is 0.146. The highest BCUT2D eigenvalue weighted by molar-refractivity contribution is 5.88. The molecule has 0 spiro atoms. The number of aromatic nitrogens is 1. The number of hydrogen-bond acceptors (Lipinski definition) is 4. The smallest absolute Gasteiger partial charge is 0.320 e. The van der Waals surface area contributed by atoms with E-state index in [4.69, 9.17) is 9.26 Å². The number of benzene rings is 1. The lowest BCUT2D eigenvalue weighted by Gasteiger charge is -2.12. The highest BCUT2D eigenvalue weighted by Gasteiger charge is 2.20. The van der Waals surface area contributed by atoms with Crippen molar-refractivity contribution < 1.29 is 14.1 Å². The fourth-order valence-electron chi connectivity index (χ4n) is 2.07. The third-order valence-electron chi connectivity index (χ3n) is 3.36. The molecule has 2 N–H and O–H groups in total. The Labute approximate surface area is 136 Å². The number of urea groups is 1. The fraction of sp³-hybridized carbons (Fsp3) is 0.412. The first-order chi connectivity index (χ1) is 10.9. The quantitative estimate of drug-likeness (QED) is 0.886. The standard InChI is InChI=1S/C17H23N3O3/c1-17(2,3)14-11-15(20-23-14)19-16(21)18-10-9-12-7-5-6-8-13(12)22-4/h5-8,11H,9-10H2,1-4H3,(H2,18,19,20,21). The minimum atomic E-state index is -0.311. The molecule has 124 valence electrons. The van der Waals surface area contributed by atoms with Gasteiger partial charge in [0.05, 0.1) is 7.11 Å². The molecule has 0 unspecified atom stereocenters. The second-order valence-corrected chi connectivity index (χ2v) is 6.27. The van der Waals surface area contributed by atoms with Crippen molar-refractivity contribution in [3.05, 3.63) is 41.7 Å². The number of hydrogen-bond donors (Lipinski definition) is 2. The molecule has 23 heavy (non-hydrogen) atoms. The molecule has 0 saturated carbocycles. The predicted octanol–water partition coefficient (Wildman–Crippen LogP) is 3.34. The summed E-state index contributed by atoms with van der Waals surface area (Å²) in [6.07, 6.45) is 0.684. The van der Waals surface area contributed by atoms with Gasteiger partial charge in [-0.3, -0.25) is 5.32 Å². The van der Waals surface area contributed by atoms with Crippen molar-refractivity contribution in [3.8, 4) is 5.75 Å². The minimum Gasteiger partial charge on any atom is -0.496 e. The normalized spacial score (nSPS) is 11.1. The molecule has 0 aliphatic rings. The molecule has 0 aliphatic heterocycles. The zero-order valence-corrected chi connectivity index (χ0v) is 14.0. The number of para-hydroxylation sites is 1. The van der Waals surface area contributed by atoms with Gasteiger partial charge in [0.2, 0.25) is 0 Å². The molecule has 6 nitrogen and oxygen atoms in total. The predicted molar refractivity (Wildman–Crippen MR) is 88.9 cm³/mol. The number of anilines is 1. The van der Waals surface area contributed by atoms with Crippen LogP contribution in [0.15, 0.2) is 34.9 Å². The molecule has 2 amide bonds. The monoisotopic (exact) mass is 317 g/mol. The van der Waals surface area contributed by atoms with E-state index in [2.05, 4.69) is 15.8 Å². The van der Waals surface area contributed by atoms with E-state index in [-0.39, 0.29) is 11.4 Å². The van der Waals surface area contributed by atoms with Crippen molar-refractivity contribution >= 4 is 11.8 Å². The molecular formula is C17H23N3O3. The number of rotatable bonds is 5. The van der Waals surface area contributed by atoms with Crippen molar-refractivity contribution in [1.82, 2.24) is 10.5 Å². The maximum atomic E-state index is 11.9. The van der Waals surface area contributed by atoms with Gasteiger partial charge in [0.25, 0.3) is 0 Å². The van der Waals surface area contributed by atoms with E-state index in [0.717, 1.165) is 17.1 Å².